The first-order valence-electron chi connectivity index (χ1n) is 11.4. The van der Waals surface area contributed by atoms with Gasteiger partial charge in [0.15, 0.2) is 0 Å². The van der Waals surface area contributed by atoms with E-state index in [4.69, 9.17) is 9.47 Å². The summed E-state index contributed by atoms with van der Waals surface area (Å²) in [6.07, 6.45) is -0.118. The Morgan fingerprint density at radius 3 is 2.38 bits per heavy atom. The number of anilines is 1. The van der Waals surface area contributed by atoms with E-state index < -0.39 is 10.0 Å². The number of ether oxygens (including phenoxy) is 2. The second kappa shape index (κ2) is 10.8. The van der Waals surface area contributed by atoms with Crippen LogP contribution in [-0.4, -0.2) is 77.2 Å². The lowest BCUT2D eigenvalue weighted by Crippen LogP contribution is -2.45. The summed E-state index contributed by atoms with van der Waals surface area (Å²) >= 11 is 0. The molecule has 0 spiro atoms. The molecule has 0 saturated carbocycles. The van der Waals surface area contributed by atoms with Crippen LogP contribution >= 0.6 is 0 Å². The number of nitrogens with one attached hydrogen (secondary N) is 1. The molecule has 0 radical (unpaired) electrons. The minimum absolute atomic E-state index is 0.0768. The second-order valence-corrected chi connectivity index (χ2v) is 10.8. The fraction of sp³-hybridized carbons (Fsp3) is 0.480. The molecule has 0 aliphatic carbocycles. The van der Waals surface area contributed by atoms with Gasteiger partial charge in [-0.1, -0.05) is 24.6 Å². The highest BCUT2D eigenvalue weighted by Crippen LogP contribution is 2.28. The van der Waals surface area contributed by atoms with Crippen LogP contribution in [0, 0.1) is 12.8 Å². The van der Waals surface area contributed by atoms with E-state index in [-0.39, 0.29) is 28.9 Å². The minimum Gasteiger partial charge on any atom is -0.491 e. The van der Waals surface area contributed by atoms with Gasteiger partial charge in [-0.15, -0.1) is 0 Å². The van der Waals surface area contributed by atoms with Crippen molar-refractivity contribution >= 4 is 21.6 Å². The van der Waals surface area contributed by atoms with Crippen LogP contribution in [0.15, 0.2) is 47.4 Å². The predicted octanol–water partition coefficient (Wildman–Crippen LogP) is 3.23. The van der Waals surface area contributed by atoms with Gasteiger partial charge in [-0.05, 0) is 51.1 Å². The van der Waals surface area contributed by atoms with Gasteiger partial charge in [0.1, 0.15) is 12.4 Å². The summed E-state index contributed by atoms with van der Waals surface area (Å²) in [5.74, 6) is 0.340. The molecule has 0 aromatic heterocycles. The van der Waals surface area contributed by atoms with Crippen LogP contribution in [0.5, 0.6) is 5.75 Å². The van der Waals surface area contributed by atoms with Crippen LogP contribution in [-0.2, 0) is 14.8 Å². The normalized spacial score (nSPS) is 22.8. The average molecular weight is 490 g/mol. The molecule has 9 heteroatoms. The number of amides is 1. The molecule has 2 aromatic rings. The molecular weight excluding hydrogens is 454 g/mol. The maximum absolute atomic E-state index is 13.3. The number of carbonyl (C=O) groups excluding carboxylic acids is 1. The Morgan fingerprint density at radius 2 is 1.74 bits per heavy atom. The van der Waals surface area contributed by atoms with E-state index in [1.165, 1.54) is 0 Å². The largest absolute Gasteiger partial charge is 0.491 e. The maximum atomic E-state index is 13.3. The van der Waals surface area contributed by atoms with Gasteiger partial charge in [-0.25, -0.2) is 8.42 Å². The highest BCUT2D eigenvalue weighted by molar-refractivity contribution is 7.92. The van der Waals surface area contributed by atoms with Gasteiger partial charge in [0.25, 0.3) is 15.9 Å². The number of aryl methyl sites for hydroxylation is 1. The molecule has 0 fully saturated rings. The summed E-state index contributed by atoms with van der Waals surface area (Å²) in [6.45, 7) is 7.63. The second-order valence-electron chi connectivity index (χ2n) is 9.17. The lowest BCUT2D eigenvalue weighted by atomic mass is 10.0. The molecule has 0 saturated heterocycles. The van der Waals surface area contributed by atoms with Gasteiger partial charge in [0.2, 0.25) is 0 Å². The van der Waals surface area contributed by atoms with Crippen LogP contribution in [0.2, 0.25) is 0 Å². The van der Waals surface area contributed by atoms with Gasteiger partial charge in [-0.2, -0.15) is 0 Å². The highest BCUT2D eigenvalue weighted by atomic mass is 32.2. The number of sulfonamides is 1. The summed E-state index contributed by atoms with van der Waals surface area (Å²) in [4.78, 5) is 17.2. The van der Waals surface area contributed by atoms with E-state index in [0.717, 1.165) is 12.1 Å². The first kappa shape index (κ1) is 26.0. The third-order valence-electron chi connectivity index (χ3n) is 6.34. The molecule has 0 bridgehead atoms. The SMILES string of the molecule is CO[C@H]1CN(C)C(=O)c2ccc(NS(=O)(=O)c3ccc(C)cc3)cc2OC[C@H](C)N(C)C[C@H]1C. The number of carbonyl (C=O) groups is 1. The van der Waals surface area contributed by atoms with Crippen LogP contribution in [0.1, 0.15) is 29.8 Å². The number of likely N-dealkylation sites (N-methyl/N-ethyl adjacent to an activating group) is 2. The fourth-order valence-corrected chi connectivity index (χ4v) is 5.00. The quantitative estimate of drug-likeness (QED) is 0.710. The molecule has 2 aromatic carbocycles. The van der Waals surface area contributed by atoms with E-state index >= 15 is 0 Å². The number of hydrogen-bond acceptors (Lipinski definition) is 6. The molecular formula is C25H35N3O5S. The number of benzene rings is 2. The summed E-state index contributed by atoms with van der Waals surface area (Å²) in [5, 5.41) is 0. The third kappa shape index (κ3) is 6.08. The summed E-state index contributed by atoms with van der Waals surface area (Å²) in [6, 6.07) is 11.4. The molecule has 1 aliphatic rings. The molecule has 1 heterocycles. The van der Waals surface area contributed by atoms with E-state index in [1.54, 1.807) is 61.5 Å². The third-order valence-corrected chi connectivity index (χ3v) is 7.74. The Bertz CT molecular complexity index is 1100. The van der Waals surface area contributed by atoms with E-state index in [2.05, 4.69) is 23.5 Å². The van der Waals surface area contributed by atoms with Crippen molar-refractivity contribution in [1.29, 1.82) is 0 Å². The Hall–Kier alpha value is -2.62. The van der Waals surface area contributed by atoms with Gasteiger partial charge in [-0.3, -0.25) is 14.4 Å². The molecule has 3 atom stereocenters. The lowest BCUT2D eigenvalue weighted by molar-refractivity contribution is 0.0150. The molecule has 1 amide bonds. The number of hydrogen-bond donors (Lipinski definition) is 1. The molecule has 3 rings (SSSR count). The van der Waals surface area contributed by atoms with Crippen molar-refractivity contribution < 1.29 is 22.7 Å². The van der Waals surface area contributed by atoms with Crippen molar-refractivity contribution in [2.45, 2.75) is 37.8 Å². The molecule has 1 N–H and O–H groups in total. The zero-order valence-corrected chi connectivity index (χ0v) is 21.6. The Balaban J connectivity index is 1.94. The smallest absolute Gasteiger partial charge is 0.261 e. The molecule has 34 heavy (non-hydrogen) atoms. The molecule has 1 aliphatic heterocycles. The Kier molecular flexibility index (Phi) is 8.22. The number of nitrogens with zero attached hydrogens (tertiary/aromatic N) is 2. The van der Waals surface area contributed by atoms with E-state index in [1.807, 2.05) is 14.0 Å². The summed E-state index contributed by atoms with van der Waals surface area (Å²) in [7, 11) is 1.65. The topological polar surface area (TPSA) is 88.2 Å². The number of methoxy groups -OCH3 is 1. The Labute approximate surface area is 202 Å². The Morgan fingerprint density at radius 1 is 1.06 bits per heavy atom. The van der Waals surface area contributed by atoms with Crippen molar-refractivity contribution in [3.05, 3.63) is 53.6 Å². The van der Waals surface area contributed by atoms with Crippen LogP contribution < -0.4 is 9.46 Å². The van der Waals surface area contributed by atoms with Crippen molar-refractivity contribution in [2.75, 3.05) is 45.6 Å². The van der Waals surface area contributed by atoms with Crippen LogP contribution in [0.4, 0.5) is 5.69 Å². The van der Waals surface area contributed by atoms with Gasteiger partial charge < -0.3 is 14.4 Å². The molecule has 8 nitrogen and oxygen atoms in total. The number of rotatable bonds is 4. The lowest BCUT2D eigenvalue weighted by Gasteiger charge is -2.34. The predicted molar refractivity (Wildman–Crippen MR) is 133 cm³/mol. The van der Waals surface area contributed by atoms with Crippen molar-refractivity contribution in [1.82, 2.24) is 9.80 Å². The van der Waals surface area contributed by atoms with Gasteiger partial charge in [0.05, 0.1) is 22.3 Å². The standard InChI is InChI=1S/C25H35N3O5S/c1-17-7-10-21(11-8-17)34(30,31)26-20-9-12-22-23(13-20)33-16-19(3)27(4)14-18(2)24(32-6)15-28(5)25(22)29/h7-13,18-19,24,26H,14-16H2,1-6H3/t18-,19+,24+/m1/s1. The first-order valence-corrected chi connectivity index (χ1v) is 12.8. The summed E-state index contributed by atoms with van der Waals surface area (Å²) in [5.41, 5.74) is 1.67. The van der Waals surface area contributed by atoms with Crippen molar-refractivity contribution in [2.24, 2.45) is 5.92 Å². The molecule has 0 unspecified atom stereocenters. The molecule has 186 valence electrons. The maximum Gasteiger partial charge on any atom is 0.261 e. The fourth-order valence-electron chi connectivity index (χ4n) is 3.95. The highest BCUT2D eigenvalue weighted by Gasteiger charge is 2.27. The monoisotopic (exact) mass is 489 g/mol. The first-order chi connectivity index (χ1) is 16.0. The minimum atomic E-state index is -3.78. The van der Waals surface area contributed by atoms with Crippen LogP contribution in [0.25, 0.3) is 0 Å². The number of fused-ring (bicyclic) bond motifs is 1. The van der Waals surface area contributed by atoms with Crippen molar-refractivity contribution in [3.8, 4) is 5.75 Å². The summed E-state index contributed by atoms with van der Waals surface area (Å²) < 4.78 is 40.1. The average Bonchev–Trinajstić information content (AvgIpc) is 2.79. The zero-order chi connectivity index (χ0) is 25.0. The van der Waals surface area contributed by atoms with Crippen LogP contribution in [0.3, 0.4) is 0 Å². The van der Waals surface area contributed by atoms with E-state index in [0.29, 0.717) is 30.2 Å². The van der Waals surface area contributed by atoms with Crippen molar-refractivity contribution in [3.63, 3.8) is 0 Å². The zero-order valence-electron chi connectivity index (χ0n) is 20.7. The van der Waals surface area contributed by atoms with Gasteiger partial charge in [0, 0.05) is 39.4 Å². The van der Waals surface area contributed by atoms with E-state index in [9.17, 15) is 13.2 Å². The van der Waals surface area contributed by atoms with Gasteiger partial charge >= 0.3 is 0 Å².